The van der Waals surface area contributed by atoms with Crippen molar-refractivity contribution in [2.75, 3.05) is 14.2 Å². The Morgan fingerprint density at radius 2 is 1.47 bits per heavy atom. The number of rotatable bonds is 8. The fourth-order valence-electron chi connectivity index (χ4n) is 2.74. The van der Waals surface area contributed by atoms with E-state index < -0.39 is 57.5 Å². The molecule has 1 aromatic carbocycles. The maximum atomic E-state index is 12.5. The number of hydrogen-bond acceptors (Lipinski definition) is 11. The van der Waals surface area contributed by atoms with Crippen LogP contribution in [-0.2, 0) is 43.4 Å². The average molecular weight is 472 g/mol. The first-order chi connectivity index (χ1) is 13.8. The van der Waals surface area contributed by atoms with E-state index in [0.29, 0.717) is 5.75 Å². The molecule has 170 valence electrons. The van der Waals surface area contributed by atoms with Crippen molar-refractivity contribution in [3.63, 3.8) is 0 Å². The molecule has 0 aromatic heterocycles. The molecule has 2 rings (SSSR count). The maximum Gasteiger partial charge on any atom is 0.397 e. The number of ether oxygens (including phenoxy) is 4. The highest BCUT2D eigenvalue weighted by atomic mass is 32.3. The zero-order chi connectivity index (χ0) is 22.7. The average Bonchev–Trinajstić information content (AvgIpc) is 2.64. The molecule has 0 radical (unpaired) electrons. The van der Waals surface area contributed by atoms with E-state index in [0.717, 1.165) is 7.11 Å². The van der Waals surface area contributed by atoms with Crippen LogP contribution in [0.2, 0.25) is 0 Å². The predicted octanol–water partition coefficient (Wildman–Crippen LogP) is -0.0122. The molecule has 0 amide bonds. The molecule has 1 fully saturated rings. The van der Waals surface area contributed by atoms with Gasteiger partial charge in [-0.25, -0.2) is 13.2 Å². The summed E-state index contributed by atoms with van der Waals surface area (Å²) in [5.41, 5.74) is 0.0368. The lowest BCUT2D eigenvalue weighted by atomic mass is 9.99. The Morgan fingerprint density at radius 3 is 1.93 bits per heavy atom. The second kappa shape index (κ2) is 9.52. The number of benzene rings is 1. The van der Waals surface area contributed by atoms with Gasteiger partial charge in [0, 0.05) is 7.11 Å². The van der Waals surface area contributed by atoms with Gasteiger partial charge < -0.3 is 18.9 Å². The molecule has 2 N–H and O–H groups in total. The van der Waals surface area contributed by atoms with Crippen molar-refractivity contribution in [3.05, 3.63) is 29.8 Å². The fourth-order valence-corrected chi connectivity index (χ4v) is 3.72. The van der Waals surface area contributed by atoms with Crippen LogP contribution in [0, 0.1) is 0 Å². The van der Waals surface area contributed by atoms with E-state index in [-0.39, 0.29) is 5.56 Å². The van der Waals surface area contributed by atoms with E-state index in [1.165, 1.54) is 38.3 Å². The molecule has 1 aliphatic heterocycles. The van der Waals surface area contributed by atoms with E-state index in [1.54, 1.807) is 0 Å². The van der Waals surface area contributed by atoms with E-state index in [4.69, 9.17) is 28.1 Å². The van der Waals surface area contributed by atoms with Crippen LogP contribution in [0.1, 0.15) is 17.3 Å². The van der Waals surface area contributed by atoms with Crippen LogP contribution in [0.3, 0.4) is 0 Å². The molecular formula is C15H20O13S2. The fraction of sp³-hybridized carbons (Fsp3) is 0.533. The maximum absolute atomic E-state index is 12.5. The second-order valence-electron chi connectivity index (χ2n) is 6.02. The summed E-state index contributed by atoms with van der Waals surface area (Å²) in [4.78, 5) is 12.5. The third-order valence-electron chi connectivity index (χ3n) is 3.99. The summed E-state index contributed by atoms with van der Waals surface area (Å²) in [6.07, 6.45) is -8.19. The van der Waals surface area contributed by atoms with Crippen molar-refractivity contribution in [3.8, 4) is 5.75 Å². The molecule has 1 heterocycles. The quantitative estimate of drug-likeness (QED) is 0.381. The molecule has 0 aliphatic carbocycles. The summed E-state index contributed by atoms with van der Waals surface area (Å²) in [7, 11) is -7.84. The van der Waals surface area contributed by atoms with Crippen molar-refractivity contribution in [1.82, 2.24) is 0 Å². The van der Waals surface area contributed by atoms with Crippen LogP contribution in [0.5, 0.6) is 5.75 Å². The van der Waals surface area contributed by atoms with Gasteiger partial charge in [-0.1, -0.05) is 0 Å². The minimum Gasteiger partial charge on any atom is -0.497 e. The lowest BCUT2D eigenvalue weighted by molar-refractivity contribution is -0.275. The lowest BCUT2D eigenvalue weighted by Gasteiger charge is -2.42. The zero-order valence-corrected chi connectivity index (χ0v) is 17.5. The van der Waals surface area contributed by atoms with Crippen LogP contribution < -0.4 is 4.74 Å². The second-order valence-corrected chi connectivity index (χ2v) is 8.12. The van der Waals surface area contributed by atoms with Crippen LogP contribution in [0.15, 0.2) is 24.3 Å². The van der Waals surface area contributed by atoms with Crippen LogP contribution in [-0.4, -0.2) is 76.8 Å². The normalized spacial score (nSPS) is 27.4. The molecule has 0 spiro atoms. The largest absolute Gasteiger partial charge is 0.497 e. The Labute approximate surface area is 172 Å². The highest BCUT2D eigenvalue weighted by Gasteiger charge is 2.52. The van der Waals surface area contributed by atoms with Crippen LogP contribution in [0.25, 0.3) is 0 Å². The van der Waals surface area contributed by atoms with Crippen molar-refractivity contribution in [2.24, 2.45) is 0 Å². The standard InChI is InChI=1S/C15H20O13S2/c1-8-11(26-14(16)9-4-6-10(23-2)7-5-9)12(27-29(17,18)19)13(15(24-3)25-8)28-30(20,21)22/h4-8,11-13,15H,1-3H3,(H,17,18,19)(H,20,21,22)/t8-,11-,12+,13+,15+/m0/s1. The van der Waals surface area contributed by atoms with Gasteiger partial charge in [0.15, 0.2) is 24.6 Å². The molecule has 1 aliphatic rings. The molecule has 13 nitrogen and oxygen atoms in total. The monoisotopic (exact) mass is 472 g/mol. The molecular weight excluding hydrogens is 452 g/mol. The molecule has 30 heavy (non-hydrogen) atoms. The molecule has 0 saturated carbocycles. The number of carbonyl (C=O) groups is 1. The first-order valence-electron chi connectivity index (χ1n) is 8.19. The van der Waals surface area contributed by atoms with E-state index in [9.17, 15) is 21.6 Å². The van der Waals surface area contributed by atoms with Gasteiger partial charge in [0.05, 0.1) is 18.8 Å². The third-order valence-corrected chi connectivity index (χ3v) is 4.92. The van der Waals surface area contributed by atoms with Gasteiger partial charge in [-0.05, 0) is 31.2 Å². The number of methoxy groups -OCH3 is 2. The van der Waals surface area contributed by atoms with Gasteiger partial charge in [0.25, 0.3) is 0 Å². The minimum absolute atomic E-state index is 0.0368. The van der Waals surface area contributed by atoms with E-state index in [2.05, 4.69) is 8.37 Å². The Bertz CT molecular complexity index is 941. The summed E-state index contributed by atoms with van der Waals surface area (Å²) < 4.78 is 92.5. The number of hydrogen-bond donors (Lipinski definition) is 2. The Morgan fingerprint density at radius 1 is 0.933 bits per heavy atom. The van der Waals surface area contributed by atoms with Gasteiger partial charge in [-0.15, -0.1) is 0 Å². The van der Waals surface area contributed by atoms with E-state index >= 15 is 0 Å². The van der Waals surface area contributed by atoms with E-state index in [1.807, 2.05) is 0 Å². The number of esters is 1. The molecule has 0 unspecified atom stereocenters. The SMILES string of the molecule is COc1ccc(C(=O)O[C@@H]2[C@@H](OS(=O)(=O)O)[C@@H](OS(=O)(=O)O)[C@H](OC)O[C@H]2C)cc1. The molecule has 1 aromatic rings. The molecule has 1 saturated heterocycles. The Kier molecular flexibility index (Phi) is 7.75. The van der Waals surface area contributed by atoms with Gasteiger partial charge in [0.1, 0.15) is 5.75 Å². The molecule has 5 atom stereocenters. The van der Waals surface area contributed by atoms with Gasteiger partial charge in [-0.2, -0.15) is 16.8 Å². The topological polar surface area (TPSA) is 181 Å². The summed E-state index contributed by atoms with van der Waals surface area (Å²) >= 11 is 0. The minimum atomic E-state index is -5.19. The van der Waals surface area contributed by atoms with Gasteiger partial charge in [-0.3, -0.25) is 9.11 Å². The summed E-state index contributed by atoms with van der Waals surface area (Å²) in [5.74, 6) is -0.499. The lowest BCUT2D eigenvalue weighted by Crippen LogP contribution is -2.61. The van der Waals surface area contributed by atoms with Gasteiger partial charge in [0.2, 0.25) is 0 Å². The van der Waals surface area contributed by atoms with Crippen molar-refractivity contribution >= 4 is 26.8 Å². The van der Waals surface area contributed by atoms with Crippen molar-refractivity contribution < 1.29 is 58.0 Å². The number of carbonyl (C=O) groups excluding carboxylic acids is 1. The van der Waals surface area contributed by atoms with Crippen molar-refractivity contribution in [2.45, 2.75) is 37.6 Å². The van der Waals surface area contributed by atoms with Crippen LogP contribution >= 0.6 is 0 Å². The summed E-state index contributed by atoms with van der Waals surface area (Å²) in [6.45, 7) is 1.35. The first-order valence-corrected chi connectivity index (χ1v) is 10.9. The zero-order valence-electron chi connectivity index (χ0n) is 15.9. The highest BCUT2D eigenvalue weighted by molar-refractivity contribution is 7.81. The first kappa shape index (κ1) is 24.4. The Hall–Kier alpha value is -1.85. The van der Waals surface area contributed by atoms with Crippen molar-refractivity contribution in [1.29, 1.82) is 0 Å². The van der Waals surface area contributed by atoms with Gasteiger partial charge >= 0.3 is 26.8 Å². The molecule has 15 heteroatoms. The predicted molar refractivity (Wildman–Crippen MR) is 96.4 cm³/mol. The molecule has 0 bridgehead atoms. The third kappa shape index (κ3) is 6.58. The Balaban J connectivity index is 2.38. The smallest absolute Gasteiger partial charge is 0.397 e. The summed E-state index contributed by atoms with van der Waals surface area (Å²) in [6, 6.07) is 5.65. The summed E-state index contributed by atoms with van der Waals surface area (Å²) in [5, 5.41) is 0. The highest BCUT2D eigenvalue weighted by Crippen LogP contribution is 2.31. The van der Waals surface area contributed by atoms with Crippen LogP contribution in [0.4, 0.5) is 0 Å².